The maximum atomic E-state index is 12.1. The number of carbonyl (C=O) groups excluding carboxylic acids is 1. The first kappa shape index (κ1) is 24.3. The van der Waals surface area contributed by atoms with Crippen LogP contribution in [0.2, 0.25) is 0 Å². The van der Waals surface area contributed by atoms with E-state index in [-0.39, 0.29) is 30.1 Å². The first-order valence-corrected chi connectivity index (χ1v) is 10.0. The Hall–Kier alpha value is -0.770. The zero-order valence-corrected chi connectivity index (χ0v) is 19.8. The molecular formula is C19H38IN5O2. The molecule has 7 nitrogen and oxygen atoms in total. The van der Waals surface area contributed by atoms with Crippen molar-refractivity contribution in [1.82, 2.24) is 14.7 Å². The molecule has 2 N–H and O–H groups in total. The lowest BCUT2D eigenvalue weighted by Crippen LogP contribution is -2.53. The standard InChI is InChI=1S/C19H37N5O2.HI/c1-16(22-10-6-5-7-11-22)8-9-21-17(20)23-12-14-24(15-13-23)18(25)26-19(2,3)4;/h16H,5-15H2,1-4H3,(H2,20,21);1H. The highest BCUT2D eigenvalue weighted by Crippen LogP contribution is 2.14. The Kier molecular flexibility index (Phi) is 10.1. The number of hydrogen-bond acceptors (Lipinski definition) is 4. The molecule has 158 valence electrons. The van der Waals surface area contributed by atoms with Gasteiger partial charge in [-0.05, 0) is 60.0 Å². The minimum Gasteiger partial charge on any atom is -0.444 e. The summed E-state index contributed by atoms with van der Waals surface area (Å²) < 4.78 is 5.42. The van der Waals surface area contributed by atoms with Crippen LogP contribution in [0.1, 0.15) is 53.4 Å². The van der Waals surface area contributed by atoms with E-state index in [1.807, 2.05) is 20.8 Å². The van der Waals surface area contributed by atoms with Crippen LogP contribution < -0.4 is 5.73 Å². The molecule has 2 fully saturated rings. The van der Waals surface area contributed by atoms with E-state index < -0.39 is 5.60 Å². The van der Waals surface area contributed by atoms with Gasteiger partial charge < -0.3 is 25.2 Å². The molecule has 1 atom stereocenters. The summed E-state index contributed by atoms with van der Waals surface area (Å²) >= 11 is 0. The highest BCUT2D eigenvalue weighted by atomic mass is 127. The number of ether oxygens (including phenoxy) is 1. The number of piperidine rings is 1. The largest absolute Gasteiger partial charge is 0.444 e. The van der Waals surface area contributed by atoms with Gasteiger partial charge in [0, 0.05) is 38.8 Å². The summed E-state index contributed by atoms with van der Waals surface area (Å²) in [5, 5.41) is 0. The molecule has 0 saturated carbocycles. The van der Waals surface area contributed by atoms with Crippen molar-refractivity contribution in [2.75, 3.05) is 45.8 Å². The second kappa shape index (κ2) is 11.3. The van der Waals surface area contributed by atoms with Gasteiger partial charge in [-0.3, -0.25) is 4.99 Å². The van der Waals surface area contributed by atoms with Crippen molar-refractivity contribution in [3.8, 4) is 0 Å². The lowest BCUT2D eigenvalue weighted by atomic mass is 10.1. The Morgan fingerprint density at radius 3 is 2.15 bits per heavy atom. The lowest BCUT2D eigenvalue weighted by molar-refractivity contribution is 0.0186. The van der Waals surface area contributed by atoms with Crippen molar-refractivity contribution in [2.24, 2.45) is 10.7 Å². The Morgan fingerprint density at radius 1 is 1.04 bits per heavy atom. The molecule has 2 rings (SSSR count). The SMILES string of the molecule is CC(CCN=C(N)N1CCN(C(=O)OC(C)(C)C)CC1)N1CCCCC1.I. The number of nitrogens with zero attached hydrogens (tertiary/aromatic N) is 4. The zero-order valence-electron chi connectivity index (χ0n) is 17.4. The van der Waals surface area contributed by atoms with Crippen LogP contribution >= 0.6 is 24.0 Å². The van der Waals surface area contributed by atoms with Gasteiger partial charge in [0.2, 0.25) is 0 Å². The fourth-order valence-corrected chi connectivity index (χ4v) is 3.45. The van der Waals surface area contributed by atoms with Crippen molar-refractivity contribution in [2.45, 2.75) is 65.0 Å². The summed E-state index contributed by atoms with van der Waals surface area (Å²) in [6.07, 6.45) is 4.79. The van der Waals surface area contributed by atoms with E-state index in [1.165, 1.54) is 32.4 Å². The average Bonchev–Trinajstić information content (AvgIpc) is 2.61. The molecular weight excluding hydrogens is 457 g/mol. The van der Waals surface area contributed by atoms with Gasteiger partial charge >= 0.3 is 6.09 Å². The molecule has 27 heavy (non-hydrogen) atoms. The Balaban J connectivity index is 0.00000364. The first-order chi connectivity index (χ1) is 12.3. The topological polar surface area (TPSA) is 74.4 Å². The monoisotopic (exact) mass is 495 g/mol. The third-order valence-electron chi connectivity index (χ3n) is 5.09. The number of piperazine rings is 1. The van der Waals surface area contributed by atoms with Gasteiger partial charge in [0.1, 0.15) is 5.60 Å². The van der Waals surface area contributed by atoms with Gasteiger partial charge in [-0.1, -0.05) is 6.42 Å². The lowest BCUT2D eigenvalue weighted by Gasteiger charge is -2.36. The van der Waals surface area contributed by atoms with E-state index in [2.05, 4.69) is 21.7 Å². The molecule has 0 aliphatic carbocycles. The summed E-state index contributed by atoms with van der Waals surface area (Å²) in [6.45, 7) is 13.8. The molecule has 2 heterocycles. The molecule has 0 bridgehead atoms. The number of halogens is 1. The summed E-state index contributed by atoms with van der Waals surface area (Å²) in [5.74, 6) is 0.597. The third kappa shape index (κ3) is 8.41. The van der Waals surface area contributed by atoms with Gasteiger partial charge in [0.05, 0.1) is 0 Å². The number of amides is 1. The molecule has 0 spiro atoms. The van der Waals surface area contributed by atoms with Gasteiger partial charge in [-0.2, -0.15) is 0 Å². The van der Waals surface area contributed by atoms with E-state index in [1.54, 1.807) is 4.90 Å². The predicted molar refractivity (Wildman–Crippen MR) is 121 cm³/mol. The Bertz CT molecular complexity index is 481. The maximum Gasteiger partial charge on any atom is 0.410 e. The normalized spacial score (nSPS) is 20.8. The van der Waals surface area contributed by atoms with Crippen LogP contribution in [0.25, 0.3) is 0 Å². The Labute approximate surface area is 181 Å². The number of guanidine groups is 1. The third-order valence-corrected chi connectivity index (χ3v) is 5.09. The second-order valence-electron chi connectivity index (χ2n) is 8.43. The van der Waals surface area contributed by atoms with Gasteiger partial charge in [0.15, 0.2) is 5.96 Å². The van der Waals surface area contributed by atoms with Crippen LogP contribution in [0.15, 0.2) is 4.99 Å². The minimum atomic E-state index is -0.459. The van der Waals surface area contributed by atoms with Crippen molar-refractivity contribution < 1.29 is 9.53 Å². The number of carbonyl (C=O) groups is 1. The van der Waals surface area contributed by atoms with Crippen LogP contribution in [-0.4, -0.2) is 84.2 Å². The van der Waals surface area contributed by atoms with Crippen LogP contribution in [0.3, 0.4) is 0 Å². The van der Waals surface area contributed by atoms with E-state index in [0.29, 0.717) is 38.2 Å². The molecule has 8 heteroatoms. The van der Waals surface area contributed by atoms with Crippen LogP contribution in [0.5, 0.6) is 0 Å². The second-order valence-corrected chi connectivity index (χ2v) is 8.43. The van der Waals surface area contributed by atoms with Gasteiger partial charge in [-0.25, -0.2) is 4.79 Å². The van der Waals surface area contributed by atoms with Crippen LogP contribution in [0.4, 0.5) is 4.79 Å². The molecule has 2 aliphatic heterocycles. The average molecular weight is 495 g/mol. The van der Waals surface area contributed by atoms with E-state index in [0.717, 1.165) is 13.0 Å². The fraction of sp³-hybridized carbons (Fsp3) is 0.895. The maximum absolute atomic E-state index is 12.1. The minimum absolute atomic E-state index is 0. The summed E-state index contributed by atoms with van der Waals surface area (Å²) in [6, 6.07) is 0.566. The molecule has 1 amide bonds. The molecule has 0 aromatic carbocycles. The number of hydrogen-bond donors (Lipinski definition) is 1. The molecule has 2 aliphatic rings. The fourth-order valence-electron chi connectivity index (χ4n) is 3.45. The van der Waals surface area contributed by atoms with Crippen LogP contribution in [0, 0.1) is 0 Å². The smallest absolute Gasteiger partial charge is 0.410 e. The molecule has 0 radical (unpaired) electrons. The van der Waals surface area contributed by atoms with Crippen molar-refractivity contribution in [3.05, 3.63) is 0 Å². The van der Waals surface area contributed by atoms with Crippen LogP contribution in [-0.2, 0) is 4.74 Å². The highest BCUT2D eigenvalue weighted by molar-refractivity contribution is 14.0. The van der Waals surface area contributed by atoms with E-state index in [4.69, 9.17) is 10.5 Å². The summed E-state index contributed by atoms with van der Waals surface area (Å²) in [7, 11) is 0. The summed E-state index contributed by atoms with van der Waals surface area (Å²) in [4.78, 5) is 23.0. The van der Waals surface area contributed by atoms with E-state index in [9.17, 15) is 4.79 Å². The van der Waals surface area contributed by atoms with E-state index >= 15 is 0 Å². The first-order valence-electron chi connectivity index (χ1n) is 10.0. The molecule has 1 unspecified atom stereocenters. The van der Waals surface area contributed by atoms with Gasteiger partial charge in [0.25, 0.3) is 0 Å². The van der Waals surface area contributed by atoms with Crippen molar-refractivity contribution in [1.29, 1.82) is 0 Å². The number of aliphatic imine (C=N–C) groups is 1. The highest BCUT2D eigenvalue weighted by Gasteiger charge is 2.26. The van der Waals surface area contributed by atoms with Crippen molar-refractivity contribution in [3.63, 3.8) is 0 Å². The molecule has 0 aromatic rings. The number of likely N-dealkylation sites (tertiary alicyclic amines) is 1. The molecule has 0 aromatic heterocycles. The quantitative estimate of drug-likeness (QED) is 0.369. The number of nitrogens with two attached hydrogens (primary N) is 1. The zero-order chi connectivity index (χ0) is 19.2. The Morgan fingerprint density at radius 2 is 1.59 bits per heavy atom. The summed E-state index contributed by atoms with van der Waals surface area (Å²) in [5.41, 5.74) is 5.71. The number of rotatable bonds is 4. The molecule has 2 saturated heterocycles. The predicted octanol–water partition coefficient (Wildman–Crippen LogP) is 2.74. The van der Waals surface area contributed by atoms with Gasteiger partial charge in [-0.15, -0.1) is 24.0 Å². The van der Waals surface area contributed by atoms with Crippen molar-refractivity contribution >= 4 is 36.0 Å².